The van der Waals surface area contributed by atoms with E-state index in [0.717, 1.165) is 12.1 Å². The highest BCUT2D eigenvalue weighted by molar-refractivity contribution is 5.69. The van der Waals surface area contributed by atoms with Crippen molar-refractivity contribution in [1.82, 2.24) is 4.98 Å². The summed E-state index contributed by atoms with van der Waals surface area (Å²) in [6.07, 6.45) is 3.05. The van der Waals surface area contributed by atoms with Gasteiger partial charge in [-0.15, -0.1) is 0 Å². The molecule has 1 heterocycles. The van der Waals surface area contributed by atoms with Crippen LogP contribution in [0.4, 0.5) is 0 Å². The van der Waals surface area contributed by atoms with Crippen LogP contribution >= 0.6 is 0 Å². The Morgan fingerprint density at radius 3 is 2.50 bits per heavy atom. The van der Waals surface area contributed by atoms with E-state index in [1.807, 2.05) is 13.1 Å². The van der Waals surface area contributed by atoms with Gasteiger partial charge in [0, 0.05) is 17.5 Å². The molecule has 2 aromatic rings. The van der Waals surface area contributed by atoms with Gasteiger partial charge in [0.05, 0.1) is 0 Å². The smallest absolute Gasteiger partial charge is 0.0375 e. The molecular formula is C15H17N. The highest BCUT2D eigenvalue weighted by Gasteiger charge is 2.06. The predicted molar refractivity (Wildman–Crippen MR) is 68.5 cm³/mol. The molecule has 0 spiro atoms. The van der Waals surface area contributed by atoms with Crippen LogP contribution in [0.5, 0.6) is 0 Å². The molecule has 2 rings (SSSR count). The van der Waals surface area contributed by atoms with Gasteiger partial charge < -0.3 is 0 Å². The number of nitrogens with zero attached hydrogens (tertiary/aromatic N) is 1. The number of hydrogen-bond acceptors (Lipinski definition) is 1. The number of pyridine rings is 1. The molecule has 0 aliphatic heterocycles. The zero-order valence-corrected chi connectivity index (χ0v) is 10.1. The molecule has 1 heteroatoms. The van der Waals surface area contributed by atoms with Crippen molar-refractivity contribution >= 4 is 0 Å². The van der Waals surface area contributed by atoms with Crippen LogP contribution in [0.3, 0.4) is 0 Å². The maximum Gasteiger partial charge on any atom is 0.0375 e. The first-order chi connectivity index (χ1) is 7.72. The highest BCUT2D eigenvalue weighted by Crippen LogP contribution is 2.26. The van der Waals surface area contributed by atoms with Crippen LogP contribution in [0.2, 0.25) is 0 Å². The largest absolute Gasteiger partial charge is 0.261 e. The summed E-state index contributed by atoms with van der Waals surface area (Å²) in [5, 5.41) is 0. The van der Waals surface area contributed by atoms with Crippen LogP contribution < -0.4 is 0 Å². The van der Waals surface area contributed by atoms with Gasteiger partial charge in [0.1, 0.15) is 0 Å². The Balaban J connectivity index is 2.60. The third-order valence-electron chi connectivity index (χ3n) is 2.94. The van der Waals surface area contributed by atoms with Crippen molar-refractivity contribution in [3.63, 3.8) is 0 Å². The fourth-order valence-electron chi connectivity index (χ4n) is 2.03. The molecule has 0 bridgehead atoms. The Morgan fingerprint density at radius 1 is 1.06 bits per heavy atom. The molecule has 0 saturated heterocycles. The van der Waals surface area contributed by atoms with Crippen molar-refractivity contribution in [1.29, 1.82) is 0 Å². The van der Waals surface area contributed by atoms with Crippen LogP contribution in [-0.2, 0) is 6.42 Å². The van der Waals surface area contributed by atoms with E-state index in [2.05, 4.69) is 49.2 Å². The van der Waals surface area contributed by atoms with Gasteiger partial charge in [-0.1, -0.05) is 31.2 Å². The molecule has 0 N–H and O–H groups in total. The summed E-state index contributed by atoms with van der Waals surface area (Å²) in [6, 6.07) is 10.7. The Morgan fingerprint density at radius 2 is 1.81 bits per heavy atom. The van der Waals surface area contributed by atoms with Gasteiger partial charge in [-0.3, -0.25) is 4.98 Å². The molecule has 0 radical (unpaired) electrons. The maximum atomic E-state index is 4.41. The molecule has 0 fully saturated rings. The van der Waals surface area contributed by atoms with Gasteiger partial charge in [-0.05, 0) is 43.0 Å². The fourth-order valence-corrected chi connectivity index (χ4v) is 2.03. The Labute approximate surface area is 97.2 Å². The normalized spacial score (nSPS) is 10.4. The van der Waals surface area contributed by atoms with Crippen molar-refractivity contribution < 1.29 is 0 Å². The lowest BCUT2D eigenvalue weighted by atomic mass is 9.96. The van der Waals surface area contributed by atoms with Crippen LogP contribution in [0.15, 0.2) is 36.5 Å². The van der Waals surface area contributed by atoms with Crippen LogP contribution in [-0.4, -0.2) is 4.98 Å². The lowest BCUT2D eigenvalue weighted by Crippen LogP contribution is -1.93. The van der Waals surface area contributed by atoms with E-state index in [1.54, 1.807) is 0 Å². The second-order valence-electron chi connectivity index (χ2n) is 4.15. The van der Waals surface area contributed by atoms with Gasteiger partial charge in [-0.25, -0.2) is 0 Å². The number of benzene rings is 1. The first-order valence-electron chi connectivity index (χ1n) is 5.74. The van der Waals surface area contributed by atoms with Crippen LogP contribution in [0.1, 0.15) is 23.7 Å². The second-order valence-corrected chi connectivity index (χ2v) is 4.15. The fraction of sp³-hybridized carbons (Fsp3) is 0.267. The average Bonchev–Trinajstić information content (AvgIpc) is 2.30. The summed E-state index contributed by atoms with van der Waals surface area (Å²) < 4.78 is 0. The zero-order valence-electron chi connectivity index (χ0n) is 10.1. The second kappa shape index (κ2) is 4.48. The molecule has 0 saturated carbocycles. The third kappa shape index (κ3) is 1.99. The Bertz CT molecular complexity index is 501. The Kier molecular flexibility index (Phi) is 3.04. The van der Waals surface area contributed by atoms with Gasteiger partial charge >= 0.3 is 0 Å². The van der Waals surface area contributed by atoms with E-state index in [-0.39, 0.29) is 0 Å². The van der Waals surface area contributed by atoms with Crippen LogP contribution in [0, 0.1) is 13.8 Å². The summed E-state index contributed by atoms with van der Waals surface area (Å²) in [4.78, 5) is 4.41. The third-order valence-corrected chi connectivity index (χ3v) is 2.94. The van der Waals surface area contributed by atoms with Gasteiger partial charge in [0.15, 0.2) is 0 Å². The van der Waals surface area contributed by atoms with E-state index in [1.165, 1.54) is 22.3 Å². The number of aromatic nitrogens is 1. The number of aryl methyl sites for hydroxylation is 3. The van der Waals surface area contributed by atoms with Crippen molar-refractivity contribution in [3.8, 4) is 11.1 Å². The first-order valence-corrected chi connectivity index (χ1v) is 5.74. The van der Waals surface area contributed by atoms with Crippen molar-refractivity contribution in [2.75, 3.05) is 0 Å². The Hall–Kier alpha value is -1.63. The van der Waals surface area contributed by atoms with Gasteiger partial charge in [-0.2, -0.15) is 0 Å². The molecule has 16 heavy (non-hydrogen) atoms. The summed E-state index contributed by atoms with van der Waals surface area (Å²) in [7, 11) is 0. The minimum atomic E-state index is 1.05. The molecule has 0 aliphatic rings. The molecule has 0 aliphatic carbocycles. The molecule has 82 valence electrons. The van der Waals surface area contributed by atoms with E-state index >= 15 is 0 Å². The zero-order chi connectivity index (χ0) is 11.5. The van der Waals surface area contributed by atoms with Crippen LogP contribution in [0.25, 0.3) is 11.1 Å². The molecule has 0 amide bonds. The summed E-state index contributed by atoms with van der Waals surface area (Å²) in [5.74, 6) is 0. The van der Waals surface area contributed by atoms with Crippen molar-refractivity contribution in [2.24, 2.45) is 0 Å². The topological polar surface area (TPSA) is 12.9 Å². The highest BCUT2D eigenvalue weighted by atomic mass is 14.7. The lowest BCUT2D eigenvalue weighted by Gasteiger charge is -2.10. The molecule has 0 unspecified atom stereocenters. The standard InChI is InChI=1S/C15H17N/c1-4-13-9-12(3)16-10-15(13)14-8-6-5-7-11(14)2/h5-10H,4H2,1-3H3. The molecular weight excluding hydrogens is 194 g/mol. The maximum absolute atomic E-state index is 4.41. The molecule has 1 aromatic heterocycles. The lowest BCUT2D eigenvalue weighted by molar-refractivity contribution is 1.09. The summed E-state index contributed by atoms with van der Waals surface area (Å²) in [5.41, 5.74) is 6.34. The molecule has 1 nitrogen and oxygen atoms in total. The first kappa shape index (κ1) is 10.9. The SMILES string of the molecule is CCc1cc(C)ncc1-c1ccccc1C. The van der Waals surface area contributed by atoms with E-state index in [9.17, 15) is 0 Å². The van der Waals surface area contributed by atoms with E-state index < -0.39 is 0 Å². The van der Waals surface area contributed by atoms with Gasteiger partial charge in [0.25, 0.3) is 0 Å². The number of hydrogen-bond donors (Lipinski definition) is 0. The summed E-state index contributed by atoms with van der Waals surface area (Å²) in [6.45, 7) is 6.38. The van der Waals surface area contributed by atoms with Crippen molar-refractivity contribution in [2.45, 2.75) is 27.2 Å². The van der Waals surface area contributed by atoms with Crippen molar-refractivity contribution in [3.05, 3.63) is 53.3 Å². The summed E-state index contributed by atoms with van der Waals surface area (Å²) >= 11 is 0. The van der Waals surface area contributed by atoms with Gasteiger partial charge in [0.2, 0.25) is 0 Å². The van der Waals surface area contributed by atoms with E-state index in [0.29, 0.717) is 0 Å². The minimum Gasteiger partial charge on any atom is -0.261 e. The molecule has 0 atom stereocenters. The molecule has 1 aromatic carbocycles. The number of rotatable bonds is 2. The quantitative estimate of drug-likeness (QED) is 0.733. The van der Waals surface area contributed by atoms with E-state index in [4.69, 9.17) is 0 Å². The minimum absolute atomic E-state index is 1.05. The average molecular weight is 211 g/mol. The monoisotopic (exact) mass is 211 g/mol. The predicted octanol–water partition coefficient (Wildman–Crippen LogP) is 3.93.